The maximum atomic E-state index is 13.4. The molecule has 0 bridgehead atoms. The summed E-state index contributed by atoms with van der Waals surface area (Å²) in [5.74, 6) is -2.35. The molecule has 1 heterocycles. The molecular formula is C20H18F2N4O3. The smallest absolute Gasteiger partial charge is 0.300 e. The topological polar surface area (TPSA) is 122 Å². The molecule has 0 aliphatic rings. The van der Waals surface area contributed by atoms with Crippen LogP contribution in [0.25, 0.3) is 11.3 Å². The van der Waals surface area contributed by atoms with Gasteiger partial charge in [0.05, 0.1) is 12.2 Å². The molecule has 0 amide bonds. The third kappa shape index (κ3) is 6.35. The molecule has 0 saturated carbocycles. The molecule has 7 nitrogen and oxygen atoms in total. The van der Waals surface area contributed by atoms with E-state index in [1.54, 1.807) is 24.3 Å². The Balaban J connectivity index is 0.000000687. The van der Waals surface area contributed by atoms with Crippen LogP contribution in [0.5, 0.6) is 0 Å². The summed E-state index contributed by atoms with van der Waals surface area (Å²) in [6.45, 7) is 1.23. The van der Waals surface area contributed by atoms with Crippen molar-refractivity contribution < 1.29 is 18.7 Å². The number of halogens is 2. The highest BCUT2D eigenvalue weighted by Crippen LogP contribution is 2.18. The molecule has 9 heteroatoms. The number of benzene rings is 2. The zero-order valence-corrected chi connectivity index (χ0v) is 15.4. The summed E-state index contributed by atoms with van der Waals surface area (Å²) >= 11 is 0. The summed E-state index contributed by atoms with van der Waals surface area (Å²) in [6.07, 6.45) is 0. The molecule has 0 atom stereocenters. The lowest BCUT2D eigenvalue weighted by molar-refractivity contribution is -0.134. The number of hydrogen-bond donors (Lipinski definition) is 3. The van der Waals surface area contributed by atoms with Gasteiger partial charge in [0.25, 0.3) is 11.5 Å². The molecule has 0 aliphatic heterocycles. The second-order valence-corrected chi connectivity index (χ2v) is 6.01. The van der Waals surface area contributed by atoms with Crippen LogP contribution in [-0.2, 0) is 11.3 Å². The highest BCUT2D eigenvalue weighted by atomic mass is 19.1. The summed E-state index contributed by atoms with van der Waals surface area (Å²) in [4.78, 5) is 21.0. The first-order valence-corrected chi connectivity index (χ1v) is 8.33. The first-order chi connectivity index (χ1) is 13.7. The van der Waals surface area contributed by atoms with Gasteiger partial charge >= 0.3 is 0 Å². The average Bonchev–Trinajstić information content (AvgIpc) is 2.62. The fourth-order valence-electron chi connectivity index (χ4n) is 2.43. The Morgan fingerprint density at radius 1 is 1.14 bits per heavy atom. The van der Waals surface area contributed by atoms with Crippen molar-refractivity contribution in [3.63, 3.8) is 0 Å². The van der Waals surface area contributed by atoms with E-state index < -0.39 is 17.6 Å². The third-order valence-corrected chi connectivity index (χ3v) is 3.60. The fraction of sp³-hybridized carbons (Fsp3) is 0.100. The molecular weight excluding hydrogens is 382 g/mol. The van der Waals surface area contributed by atoms with Crippen molar-refractivity contribution in [2.75, 3.05) is 0 Å². The second kappa shape index (κ2) is 9.36. The van der Waals surface area contributed by atoms with Crippen LogP contribution >= 0.6 is 0 Å². The van der Waals surface area contributed by atoms with Crippen LogP contribution in [0.3, 0.4) is 0 Å². The number of carboxylic acids is 1. The van der Waals surface area contributed by atoms with Gasteiger partial charge in [0, 0.05) is 30.2 Å². The number of nitrogens with zero attached hydrogens (tertiary/aromatic N) is 2. The van der Waals surface area contributed by atoms with E-state index in [2.05, 4.69) is 5.10 Å². The van der Waals surface area contributed by atoms with Crippen LogP contribution in [0.1, 0.15) is 18.1 Å². The lowest BCUT2D eigenvalue weighted by Gasteiger charge is -2.09. The average molecular weight is 400 g/mol. The van der Waals surface area contributed by atoms with E-state index in [1.165, 1.54) is 16.8 Å². The van der Waals surface area contributed by atoms with Gasteiger partial charge in [-0.05, 0) is 29.8 Å². The van der Waals surface area contributed by atoms with Gasteiger partial charge in [-0.2, -0.15) is 5.10 Å². The molecule has 29 heavy (non-hydrogen) atoms. The van der Waals surface area contributed by atoms with Gasteiger partial charge in [0.2, 0.25) is 0 Å². The lowest BCUT2D eigenvalue weighted by Crippen LogP contribution is -2.23. The minimum atomic E-state index is -0.833. The zero-order chi connectivity index (χ0) is 21.6. The molecule has 3 rings (SSSR count). The summed E-state index contributed by atoms with van der Waals surface area (Å²) < 4.78 is 28.0. The van der Waals surface area contributed by atoms with Crippen LogP contribution in [0.15, 0.2) is 59.4 Å². The Kier molecular flexibility index (Phi) is 6.91. The van der Waals surface area contributed by atoms with Gasteiger partial charge in [-0.1, -0.05) is 18.2 Å². The van der Waals surface area contributed by atoms with Crippen LogP contribution in [0.2, 0.25) is 0 Å². The number of carbonyl (C=O) groups is 1. The highest BCUT2D eigenvalue weighted by Gasteiger charge is 2.08. The molecule has 0 radical (unpaired) electrons. The molecule has 150 valence electrons. The Labute approximate surface area is 164 Å². The van der Waals surface area contributed by atoms with Crippen molar-refractivity contribution in [3.05, 3.63) is 87.7 Å². The summed E-state index contributed by atoms with van der Waals surface area (Å²) in [7, 11) is 0. The fourth-order valence-corrected chi connectivity index (χ4v) is 2.43. The zero-order valence-electron chi connectivity index (χ0n) is 15.4. The SMILES string of the molecule is CC(=O)O.N=C(N)c1cccc(Cn2nc(-c3cc(F)cc(F)c3)ccc2=O)c1. The Bertz CT molecular complexity index is 1090. The van der Waals surface area contributed by atoms with Gasteiger partial charge in [0.1, 0.15) is 17.5 Å². The molecule has 1 aromatic heterocycles. The predicted octanol–water partition coefficient (Wildman–Crippen LogP) is 2.61. The molecule has 0 unspecified atom stereocenters. The number of nitrogen functional groups attached to an aromatic ring is 1. The summed E-state index contributed by atoms with van der Waals surface area (Å²) in [5, 5.41) is 19.1. The molecule has 3 aromatic rings. The van der Waals surface area contributed by atoms with Gasteiger partial charge in [-0.3, -0.25) is 15.0 Å². The highest BCUT2D eigenvalue weighted by molar-refractivity contribution is 5.95. The number of amidine groups is 1. The summed E-state index contributed by atoms with van der Waals surface area (Å²) in [5.41, 5.74) is 6.89. The van der Waals surface area contributed by atoms with Crippen LogP contribution in [0.4, 0.5) is 8.78 Å². The van der Waals surface area contributed by atoms with E-state index in [4.69, 9.17) is 21.0 Å². The maximum Gasteiger partial charge on any atom is 0.300 e. The predicted molar refractivity (Wildman–Crippen MR) is 104 cm³/mol. The van der Waals surface area contributed by atoms with Gasteiger partial charge in [-0.15, -0.1) is 0 Å². The van der Waals surface area contributed by atoms with Crippen LogP contribution < -0.4 is 11.3 Å². The van der Waals surface area contributed by atoms with Crippen molar-refractivity contribution in [3.8, 4) is 11.3 Å². The Hall–Kier alpha value is -3.88. The largest absolute Gasteiger partial charge is 0.481 e. The quantitative estimate of drug-likeness (QED) is 0.459. The number of rotatable bonds is 4. The number of nitrogens with one attached hydrogen (secondary N) is 1. The van der Waals surface area contributed by atoms with E-state index in [0.29, 0.717) is 5.56 Å². The second-order valence-electron chi connectivity index (χ2n) is 6.01. The standard InChI is InChI=1S/C18H14F2N4O.C2H4O2/c19-14-7-13(8-15(20)9-14)16-4-5-17(25)24(23-16)10-11-2-1-3-12(6-11)18(21)22;1-2(3)4/h1-9H,10H2,(H3,21,22);1H3,(H,3,4). The molecule has 0 spiro atoms. The molecule has 4 N–H and O–H groups in total. The first-order valence-electron chi connectivity index (χ1n) is 8.33. The van der Waals surface area contributed by atoms with Crippen molar-refractivity contribution in [2.45, 2.75) is 13.5 Å². The molecule has 0 fully saturated rings. The van der Waals surface area contributed by atoms with E-state index in [0.717, 1.165) is 30.7 Å². The maximum absolute atomic E-state index is 13.4. The molecule has 2 aromatic carbocycles. The Morgan fingerprint density at radius 3 is 2.34 bits per heavy atom. The van der Waals surface area contributed by atoms with Crippen LogP contribution in [0, 0.1) is 17.0 Å². The molecule has 0 aliphatic carbocycles. The van der Waals surface area contributed by atoms with Crippen molar-refractivity contribution in [1.29, 1.82) is 5.41 Å². The van der Waals surface area contributed by atoms with Gasteiger partial charge < -0.3 is 10.8 Å². The van der Waals surface area contributed by atoms with Crippen LogP contribution in [-0.4, -0.2) is 26.7 Å². The summed E-state index contributed by atoms with van der Waals surface area (Å²) in [6, 6.07) is 12.6. The monoisotopic (exact) mass is 400 g/mol. The van der Waals surface area contributed by atoms with Crippen molar-refractivity contribution in [2.24, 2.45) is 5.73 Å². The number of aliphatic carboxylic acids is 1. The van der Waals surface area contributed by atoms with Gasteiger partial charge in [-0.25, -0.2) is 13.5 Å². The number of carboxylic acid groups (broad SMARTS) is 1. The lowest BCUT2D eigenvalue weighted by atomic mass is 10.1. The van der Waals surface area contributed by atoms with Crippen molar-refractivity contribution >= 4 is 11.8 Å². The third-order valence-electron chi connectivity index (χ3n) is 3.60. The normalized spacial score (nSPS) is 10.0. The minimum absolute atomic E-state index is 0.0776. The minimum Gasteiger partial charge on any atom is -0.481 e. The number of nitrogens with two attached hydrogens (primary N) is 1. The van der Waals surface area contributed by atoms with E-state index in [1.807, 2.05) is 0 Å². The number of hydrogen-bond acceptors (Lipinski definition) is 4. The Morgan fingerprint density at radius 2 is 1.76 bits per heavy atom. The van der Waals surface area contributed by atoms with Crippen molar-refractivity contribution in [1.82, 2.24) is 9.78 Å². The van der Waals surface area contributed by atoms with E-state index in [-0.39, 0.29) is 29.2 Å². The number of aromatic nitrogens is 2. The first kappa shape index (κ1) is 21.4. The molecule has 0 saturated heterocycles. The van der Waals surface area contributed by atoms with Gasteiger partial charge in [0.15, 0.2) is 0 Å². The van der Waals surface area contributed by atoms with E-state index >= 15 is 0 Å². The van der Waals surface area contributed by atoms with E-state index in [9.17, 15) is 13.6 Å².